The van der Waals surface area contributed by atoms with Crippen molar-refractivity contribution >= 4 is 17.4 Å². The van der Waals surface area contributed by atoms with E-state index in [2.05, 4.69) is 0 Å². The van der Waals surface area contributed by atoms with Crippen LogP contribution in [0.25, 0.3) is 0 Å². The molecule has 1 aromatic rings. The largest absolute Gasteiger partial charge is 0.385 e. The van der Waals surface area contributed by atoms with Gasteiger partial charge in [-0.25, -0.2) is 0 Å². The number of nitrogens with zero attached hydrogens (tertiary/aromatic N) is 1. The summed E-state index contributed by atoms with van der Waals surface area (Å²) in [7, 11) is 0. The van der Waals surface area contributed by atoms with Crippen LogP contribution in [0, 0.1) is 5.92 Å². The smallest absolute Gasteiger partial charge is 0.258 e. The Morgan fingerprint density at radius 3 is 2.60 bits per heavy atom. The van der Waals surface area contributed by atoms with Crippen LogP contribution in [0.4, 0.5) is 5.69 Å². The summed E-state index contributed by atoms with van der Waals surface area (Å²) in [6.07, 6.45) is -1.44. The zero-order chi connectivity index (χ0) is 15.1. The van der Waals surface area contributed by atoms with E-state index in [0.29, 0.717) is 11.3 Å². The van der Waals surface area contributed by atoms with E-state index in [-0.39, 0.29) is 18.2 Å². The molecule has 0 spiro atoms. The van der Waals surface area contributed by atoms with Crippen LogP contribution >= 0.6 is 0 Å². The lowest BCUT2D eigenvalue weighted by molar-refractivity contribution is -0.130. The van der Waals surface area contributed by atoms with Crippen molar-refractivity contribution in [3.05, 3.63) is 29.8 Å². The van der Waals surface area contributed by atoms with Crippen LogP contribution in [0.5, 0.6) is 0 Å². The highest BCUT2D eigenvalue weighted by molar-refractivity contribution is 6.02. The summed E-state index contributed by atoms with van der Waals surface area (Å²) >= 11 is 0. The third-order valence-corrected chi connectivity index (χ3v) is 3.53. The molecule has 1 saturated heterocycles. The van der Waals surface area contributed by atoms with Gasteiger partial charge in [0, 0.05) is 17.2 Å². The molecule has 2 N–H and O–H groups in total. The Labute approximate surface area is 117 Å². The molecule has 5 heteroatoms. The molecule has 1 amide bonds. The zero-order valence-electron chi connectivity index (χ0n) is 11.8. The molecule has 1 aromatic carbocycles. The van der Waals surface area contributed by atoms with Gasteiger partial charge >= 0.3 is 0 Å². The van der Waals surface area contributed by atoms with Crippen LogP contribution in [-0.2, 0) is 4.79 Å². The van der Waals surface area contributed by atoms with Gasteiger partial charge in [-0.3, -0.25) is 9.59 Å². The molecule has 5 nitrogen and oxygen atoms in total. The minimum Gasteiger partial charge on any atom is -0.385 e. The van der Waals surface area contributed by atoms with Gasteiger partial charge in [-0.1, -0.05) is 26.0 Å². The van der Waals surface area contributed by atoms with Crippen molar-refractivity contribution in [2.75, 3.05) is 11.4 Å². The van der Waals surface area contributed by atoms with Crippen molar-refractivity contribution < 1.29 is 19.8 Å². The van der Waals surface area contributed by atoms with Gasteiger partial charge in [0.25, 0.3) is 5.91 Å². The summed E-state index contributed by atoms with van der Waals surface area (Å²) in [4.78, 5) is 25.3. The maximum absolute atomic E-state index is 12.0. The number of rotatable bonds is 3. The second-order valence-electron chi connectivity index (χ2n) is 5.75. The van der Waals surface area contributed by atoms with Gasteiger partial charge in [0.1, 0.15) is 5.60 Å². The number of benzene rings is 1. The second-order valence-corrected chi connectivity index (χ2v) is 5.75. The van der Waals surface area contributed by atoms with Crippen molar-refractivity contribution in [2.24, 2.45) is 5.92 Å². The summed E-state index contributed by atoms with van der Waals surface area (Å²) < 4.78 is 0. The summed E-state index contributed by atoms with van der Waals surface area (Å²) in [5, 5.41) is 19.7. The zero-order valence-corrected chi connectivity index (χ0v) is 11.8. The molecule has 1 aliphatic rings. The summed E-state index contributed by atoms with van der Waals surface area (Å²) in [6.45, 7) is 5.04. The molecule has 0 saturated carbocycles. The van der Waals surface area contributed by atoms with Gasteiger partial charge in [-0.05, 0) is 19.1 Å². The average molecular weight is 277 g/mol. The molecule has 1 heterocycles. The Morgan fingerprint density at radius 2 is 2.10 bits per heavy atom. The third-order valence-electron chi connectivity index (χ3n) is 3.53. The van der Waals surface area contributed by atoms with E-state index < -0.39 is 17.6 Å². The molecular formula is C15H19NO4. The first-order valence-corrected chi connectivity index (χ1v) is 6.60. The van der Waals surface area contributed by atoms with Gasteiger partial charge in [0.15, 0.2) is 11.9 Å². The first kappa shape index (κ1) is 14.7. The monoisotopic (exact) mass is 277 g/mol. The standard InChI is InChI=1S/C15H19NO4/c1-9(2)12(17)10-5-4-6-11(7-10)16-8-15(3,20)13(18)14(16)19/h4-7,9,13,18,20H,8H2,1-3H3/t13-,15+/m0/s1. The lowest BCUT2D eigenvalue weighted by Crippen LogP contribution is -2.39. The van der Waals surface area contributed by atoms with Crippen LogP contribution < -0.4 is 4.90 Å². The maximum Gasteiger partial charge on any atom is 0.258 e. The molecule has 1 fully saturated rings. The Hall–Kier alpha value is -1.72. The van der Waals surface area contributed by atoms with Gasteiger partial charge in [-0.2, -0.15) is 0 Å². The molecule has 108 valence electrons. The number of amides is 1. The molecule has 0 unspecified atom stereocenters. The van der Waals surface area contributed by atoms with Crippen LogP contribution in [0.2, 0.25) is 0 Å². The number of aliphatic hydroxyl groups excluding tert-OH is 1. The SMILES string of the molecule is CC(C)C(=O)c1cccc(N2C[C@@](C)(O)[C@@H](O)C2=O)c1. The number of hydrogen-bond acceptors (Lipinski definition) is 4. The topological polar surface area (TPSA) is 77.8 Å². The van der Waals surface area contributed by atoms with Crippen molar-refractivity contribution in [3.63, 3.8) is 0 Å². The Kier molecular flexibility index (Phi) is 3.67. The van der Waals surface area contributed by atoms with Crippen LogP contribution in [-0.4, -0.2) is 40.2 Å². The fourth-order valence-electron chi connectivity index (χ4n) is 2.28. The van der Waals surface area contributed by atoms with E-state index in [4.69, 9.17) is 0 Å². The van der Waals surface area contributed by atoms with Crippen molar-refractivity contribution in [2.45, 2.75) is 32.5 Å². The molecule has 0 radical (unpaired) electrons. The van der Waals surface area contributed by atoms with Gasteiger partial charge < -0.3 is 15.1 Å². The molecule has 20 heavy (non-hydrogen) atoms. The predicted molar refractivity (Wildman–Crippen MR) is 74.6 cm³/mol. The minimum atomic E-state index is -1.48. The lowest BCUT2D eigenvalue weighted by atomic mass is 10.0. The van der Waals surface area contributed by atoms with Crippen LogP contribution in [0.15, 0.2) is 24.3 Å². The number of aliphatic hydroxyl groups is 2. The molecule has 1 aliphatic heterocycles. The first-order valence-electron chi connectivity index (χ1n) is 6.60. The number of carbonyl (C=O) groups excluding carboxylic acids is 2. The highest BCUT2D eigenvalue weighted by Gasteiger charge is 2.47. The van der Waals surface area contributed by atoms with Gasteiger partial charge in [0.2, 0.25) is 0 Å². The summed E-state index contributed by atoms with van der Waals surface area (Å²) in [5.41, 5.74) is -0.445. The number of carbonyl (C=O) groups is 2. The summed E-state index contributed by atoms with van der Waals surface area (Å²) in [6, 6.07) is 6.69. The molecule has 0 aliphatic carbocycles. The van der Waals surface area contributed by atoms with E-state index in [0.717, 1.165) is 0 Å². The molecular weight excluding hydrogens is 258 g/mol. The van der Waals surface area contributed by atoms with Crippen LogP contribution in [0.3, 0.4) is 0 Å². The Bertz CT molecular complexity index is 551. The quantitative estimate of drug-likeness (QED) is 0.807. The molecule has 0 aromatic heterocycles. The number of ketones is 1. The van der Waals surface area contributed by atoms with E-state index in [9.17, 15) is 19.8 Å². The maximum atomic E-state index is 12.0. The normalized spacial score (nSPS) is 26.4. The van der Waals surface area contributed by atoms with Crippen molar-refractivity contribution in [1.82, 2.24) is 0 Å². The number of anilines is 1. The highest BCUT2D eigenvalue weighted by Crippen LogP contribution is 2.29. The van der Waals surface area contributed by atoms with Crippen molar-refractivity contribution in [3.8, 4) is 0 Å². The second kappa shape index (κ2) is 5.00. The molecule has 2 rings (SSSR count). The van der Waals surface area contributed by atoms with E-state index >= 15 is 0 Å². The first-order chi connectivity index (χ1) is 9.24. The van der Waals surface area contributed by atoms with Crippen LogP contribution in [0.1, 0.15) is 31.1 Å². The van der Waals surface area contributed by atoms with Gasteiger partial charge in [0.05, 0.1) is 6.54 Å². The van der Waals surface area contributed by atoms with E-state index in [1.807, 2.05) is 13.8 Å². The molecule has 0 bridgehead atoms. The van der Waals surface area contributed by atoms with E-state index in [1.165, 1.54) is 11.8 Å². The number of β-amino-alcohol motifs (C(OH)–C–C–N with tert-alkyl or cyclic N) is 1. The summed E-state index contributed by atoms with van der Waals surface area (Å²) in [5.74, 6) is -0.692. The lowest BCUT2D eigenvalue weighted by Gasteiger charge is -2.19. The number of hydrogen-bond donors (Lipinski definition) is 2. The third kappa shape index (κ3) is 2.46. The highest BCUT2D eigenvalue weighted by atomic mass is 16.4. The predicted octanol–water partition coefficient (Wildman–Crippen LogP) is 0.984. The fraction of sp³-hybridized carbons (Fsp3) is 0.467. The Balaban J connectivity index is 2.33. The van der Waals surface area contributed by atoms with Gasteiger partial charge in [-0.15, -0.1) is 0 Å². The minimum absolute atomic E-state index is 0.00627. The molecule has 2 atom stereocenters. The average Bonchev–Trinajstić information content (AvgIpc) is 2.61. The fourth-order valence-corrected chi connectivity index (χ4v) is 2.28. The Morgan fingerprint density at radius 1 is 1.45 bits per heavy atom. The number of Topliss-reactive ketones (excluding diaryl/α,β-unsaturated/α-hetero) is 1. The van der Waals surface area contributed by atoms with E-state index in [1.54, 1.807) is 24.3 Å². The van der Waals surface area contributed by atoms with Crippen molar-refractivity contribution in [1.29, 1.82) is 0 Å².